The summed E-state index contributed by atoms with van der Waals surface area (Å²) in [6, 6.07) is -0.00950. The number of aliphatic hydroxyl groups is 3. The zero-order valence-electron chi connectivity index (χ0n) is 21.8. The molecule has 1 amide bonds. The molecule has 0 heterocycles. The fourth-order valence-corrected chi connectivity index (χ4v) is 6.09. The predicted octanol–water partition coefficient (Wildman–Crippen LogP) is 1.24. The highest BCUT2D eigenvalue weighted by Gasteiger charge is 2.64. The Labute approximate surface area is 219 Å². The number of carbonyl (C=O) groups is 3. The standard InChI is InChI=1S/C27H34FN3O7/c1-11(2)5-6-30-10-13-9-16(32)18-14(20(13)28)7-12-8-15-21(31(3)4)23(34)19(26(29)37)25(36)27(15,38)24(35)17(12)22(18)33/h9,11-12,15,21,30,32-33,36,38H,5-8,10H2,1-4H3,(H2,29,37)/t12-,15-,21-,27-/m0/s1. The van der Waals surface area contributed by atoms with Gasteiger partial charge >= 0.3 is 0 Å². The highest BCUT2D eigenvalue weighted by Crippen LogP contribution is 2.53. The molecule has 0 unspecified atom stereocenters. The summed E-state index contributed by atoms with van der Waals surface area (Å²) in [4.78, 5) is 40.3. The van der Waals surface area contributed by atoms with Gasteiger partial charge in [0, 0.05) is 29.2 Å². The minimum atomic E-state index is -2.72. The molecule has 3 aliphatic rings. The highest BCUT2D eigenvalue weighted by atomic mass is 19.1. The van der Waals surface area contributed by atoms with Crippen LogP contribution in [0.5, 0.6) is 5.75 Å². The van der Waals surface area contributed by atoms with E-state index in [1.165, 1.54) is 25.1 Å². The summed E-state index contributed by atoms with van der Waals surface area (Å²) < 4.78 is 15.6. The van der Waals surface area contributed by atoms with E-state index >= 15 is 4.39 Å². The third-order valence-corrected chi connectivity index (χ3v) is 7.94. The molecule has 1 aromatic carbocycles. The van der Waals surface area contributed by atoms with Crippen molar-refractivity contribution in [2.24, 2.45) is 23.5 Å². The molecule has 1 aromatic rings. The fraction of sp³-hybridized carbons (Fsp3) is 0.519. The molecule has 206 valence electrons. The first-order valence-electron chi connectivity index (χ1n) is 12.6. The van der Waals surface area contributed by atoms with Gasteiger partial charge in [0.15, 0.2) is 11.4 Å². The van der Waals surface area contributed by atoms with Gasteiger partial charge in [-0.15, -0.1) is 0 Å². The predicted molar refractivity (Wildman–Crippen MR) is 135 cm³/mol. The number of hydrogen-bond donors (Lipinski definition) is 6. The lowest BCUT2D eigenvalue weighted by atomic mass is 9.57. The van der Waals surface area contributed by atoms with E-state index in [-0.39, 0.29) is 41.6 Å². The van der Waals surface area contributed by atoms with E-state index in [1.54, 1.807) is 0 Å². The Bertz CT molecular complexity index is 1290. The Hall–Kier alpha value is -3.28. The Morgan fingerprint density at radius 3 is 2.50 bits per heavy atom. The van der Waals surface area contributed by atoms with Gasteiger partial charge in [-0.3, -0.25) is 19.3 Å². The number of amides is 1. The van der Waals surface area contributed by atoms with Gasteiger partial charge in [-0.1, -0.05) is 13.8 Å². The summed E-state index contributed by atoms with van der Waals surface area (Å²) in [5, 5.41) is 47.4. The van der Waals surface area contributed by atoms with Gasteiger partial charge in [0.25, 0.3) is 5.91 Å². The monoisotopic (exact) mass is 531 g/mol. The number of nitrogens with one attached hydrogen (secondary N) is 1. The van der Waals surface area contributed by atoms with Crippen LogP contribution in [0.2, 0.25) is 0 Å². The van der Waals surface area contributed by atoms with Crippen LogP contribution in [0.25, 0.3) is 5.76 Å². The van der Waals surface area contributed by atoms with Crippen molar-refractivity contribution >= 4 is 23.2 Å². The maximum Gasteiger partial charge on any atom is 0.255 e. The van der Waals surface area contributed by atoms with Crippen LogP contribution in [0.4, 0.5) is 4.39 Å². The van der Waals surface area contributed by atoms with Crippen molar-refractivity contribution in [1.82, 2.24) is 10.2 Å². The molecule has 0 aromatic heterocycles. The maximum absolute atomic E-state index is 15.6. The lowest BCUT2D eigenvalue weighted by molar-refractivity contribution is -0.153. The molecular formula is C27H34FN3O7. The molecular weight excluding hydrogens is 497 g/mol. The van der Waals surface area contributed by atoms with Crippen molar-refractivity contribution in [3.05, 3.63) is 45.5 Å². The topological polar surface area (TPSA) is 173 Å². The lowest BCUT2D eigenvalue weighted by Gasteiger charge is -2.50. The number of likely N-dealkylation sites (N-methyl/N-ethyl adjacent to an activating group) is 1. The van der Waals surface area contributed by atoms with E-state index in [2.05, 4.69) is 19.2 Å². The minimum absolute atomic E-state index is 0.0243. The van der Waals surface area contributed by atoms with Crippen molar-refractivity contribution in [2.45, 2.75) is 51.3 Å². The van der Waals surface area contributed by atoms with Gasteiger partial charge in [0.2, 0.25) is 5.78 Å². The molecule has 4 rings (SSSR count). The zero-order chi connectivity index (χ0) is 28.3. The van der Waals surface area contributed by atoms with Crippen LogP contribution in [-0.4, -0.2) is 75.1 Å². The Morgan fingerprint density at radius 1 is 1.26 bits per heavy atom. The Balaban J connectivity index is 1.82. The molecule has 0 radical (unpaired) electrons. The van der Waals surface area contributed by atoms with Crippen molar-refractivity contribution in [1.29, 1.82) is 0 Å². The van der Waals surface area contributed by atoms with E-state index in [0.717, 1.165) is 6.42 Å². The van der Waals surface area contributed by atoms with Crippen molar-refractivity contribution in [2.75, 3.05) is 20.6 Å². The number of halogens is 1. The first-order valence-corrected chi connectivity index (χ1v) is 12.6. The molecule has 1 saturated carbocycles. The molecule has 3 aliphatic carbocycles. The van der Waals surface area contributed by atoms with Gasteiger partial charge in [-0.25, -0.2) is 4.39 Å². The summed E-state index contributed by atoms with van der Waals surface area (Å²) in [6.45, 7) is 4.93. The van der Waals surface area contributed by atoms with Gasteiger partial charge in [0.1, 0.15) is 28.7 Å². The fourth-order valence-electron chi connectivity index (χ4n) is 6.09. The number of carbonyl (C=O) groups excluding carboxylic acids is 3. The lowest BCUT2D eigenvalue weighted by Crippen LogP contribution is -2.65. The third kappa shape index (κ3) is 4.09. The second-order valence-corrected chi connectivity index (χ2v) is 11.0. The second kappa shape index (κ2) is 9.79. The second-order valence-electron chi connectivity index (χ2n) is 11.0. The summed E-state index contributed by atoms with van der Waals surface area (Å²) in [6.07, 6.45) is 0.695. The first-order chi connectivity index (χ1) is 17.7. The van der Waals surface area contributed by atoms with Crippen LogP contribution in [0.1, 0.15) is 43.4 Å². The number of Topliss-reactive ketones (excluding diaryl/α,β-unsaturated/α-hetero) is 2. The minimum Gasteiger partial charge on any atom is -0.508 e. The molecule has 1 fully saturated rings. The summed E-state index contributed by atoms with van der Waals surface area (Å²) in [5.41, 5.74) is 1.36. The number of fused-ring (bicyclic) bond motifs is 3. The molecule has 7 N–H and O–H groups in total. The number of phenols is 1. The zero-order valence-corrected chi connectivity index (χ0v) is 21.8. The number of aromatic hydroxyl groups is 1. The highest BCUT2D eigenvalue weighted by molar-refractivity contribution is 6.24. The molecule has 38 heavy (non-hydrogen) atoms. The smallest absolute Gasteiger partial charge is 0.255 e. The summed E-state index contributed by atoms with van der Waals surface area (Å²) in [5.74, 6) is -7.78. The quantitative estimate of drug-likeness (QED) is 0.223. The number of nitrogens with two attached hydrogens (primary N) is 1. The van der Waals surface area contributed by atoms with E-state index in [1.807, 2.05) is 0 Å². The maximum atomic E-state index is 15.6. The van der Waals surface area contributed by atoms with E-state index in [9.17, 15) is 34.8 Å². The average molecular weight is 532 g/mol. The number of hydrogen-bond acceptors (Lipinski definition) is 9. The number of nitrogens with zero attached hydrogens (tertiary/aromatic N) is 1. The number of phenolic OH excluding ortho intramolecular Hbond substituents is 1. The summed E-state index contributed by atoms with van der Waals surface area (Å²) in [7, 11) is 3.04. The molecule has 11 heteroatoms. The normalized spacial score (nSPS) is 27.1. The number of primary amides is 1. The van der Waals surface area contributed by atoms with Gasteiger partial charge in [0.05, 0.1) is 11.6 Å². The number of ketones is 2. The van der Waals surface area contributed by atoms with Crippen LogP contribution in [0, 0.1) is 23.6 Å². The van der Waals surface area contributed by atoms with Gasteiger partial charge < -0.3 is 31.5 Å². The largest absolute Gasteiger partial charge is 0.508 e. The van der Waals surface area contributed by atoms with Crippen LogP contribution in [-0.2, 0) is 27.3 Å². The Kier molecular flexibility index (Phi) is 7.15. The molecule has 0 saturated heterocycles. The third-order valence-electron chi connectivity index (χ3n) is 7.94. The van der Waals surface area contributed by atoms with Crippen molar-refractivity contribution in [3.63, 3.8) is 0 Å². The SMILES string of the molecule is CC(C)CCNCc1cc(O)c2c(c1F)C[C@H]1C[C@H]3[C@H](N(C)C)C(=O)C(C(N)=O)=C(O)[C@@]3(O)C(=O)C1=C2O. The average Bonchev–Trinajstić information content (AvgIpc) is 2.81. The molecule has 0 bridgehead atoms. The van der Waals surface area contributed by atoms with Crippen molar-refractivity contribution in [3.8, 4) is 5.75 Å². The molecule has 4 atom stereocenters. The van der Waals surface area contributed by atoms with Crippen LogP contribution in [0.3, 0.4) is 0 Å². The number of aliphatic hydroxyl groups excluding tert-OH is 2. The van der Waals surface area contributed by atoms with E-state index < -0.39 is 69.6 Å². The number of rotatable bonds is 7. The number of benzene rings is 1. The van der Waals surface area contributed by atoms with Crippen LogP contribution in [0.15, 0.2) is 23.0 Å². The Morgan fingerprint density at radius 2 is 1.92 bits per heavy atom. The summed E-state index contributed by atoms with van der Waals surface area (Å²) >= 11 is 0. The van der Waals surface area contributed by atoms with Gasteiger partial charge in [-0.05, 0) is 57.8 Å². The molecule has 10 nitrogen and oxygen atoms in total. The van der Waals surface area contributed by atoms with E-state index in [4.69, 9.17) is 5.73 Å². The van der Waals surface area contributed by atoms with E-state index in [0.29, 0.717) is 12.5 Å². The van der Waals surface area contributed by atoms with Gasteiger partial charge in [-0.2, -0.15) is 0 Å². The molecule has 0 spiro atoms. The first kappa shape index (κ1) is 27.7. The van der Waals surface area contributed by atoms with Crippen LogP contribution >= 0.6 is 0 Å². The molecule has 0 aliphatic heterocycles. The van der Waals surface area contributed by atoms with Crippen LogP contribution < -0.4 is 11.1 Å². The van der Waals surface area contributed by atoms with Crippen molar-refractivity contribution < 1.29 is 39.2 Å².